The molecule has 1 aliphatic heterocycles. The van der Waals surface area contributed by atoms with Gasteiger partial charge in [-0.3, -0.25) is 4.79 Å². The molecule has 0 N–H and O–H groups in total. The smallest absolute Gasteiger partial charge is 0.255 e. The molecule has 1 heterocycles. The number of amides is 1. The lowest BCUT2D eigenvalue weighted by molar-refractivity contribution is -0.0227. The van der Waals surface area contributed by atoms with Crippen LogP contribution in [0.25, 0.3) is 0 Å². The van der Waals surface area contributed by atoms with Crippen molar-refractivity contribution in [3.8, 4) is 0 Å². The fourth-order valence-electron chi connectivity index (χ4n) is 3.47. The SMILES string of the molecule is CCN(CC)S(=O)(=O)c1ccc(Cl)c(C(=O)N2CCOC(c3ccccc3Cl)C2)c1. The summed E-state index contributed by atoms with van der Waals surface area (Å²) in [5.74, 6) is -0.336. The summed E-state index contributed by atoms with van der Waals surface area (Å²) in [5, 5.41) is 0.779. The van der Waals surface area contributed by atoms with Crippen LogP contribution in [0, 0.1) is 0 Å². The van der Waals surface area contributed by atoms with Crippen molar-refractivity contribution in [2.24, 2.45) is 0 Å². The lowest BCUT2D eigenvalue weighted by atomic mass is 10.1. The van der Waals surface area contributed by atoms with Gasteiger partial charge in [0.1, 0.15) is 6.10 Å². The van der Waals surface area contributed by atoms with E-state index in [1.54, 1.807) is 24.8 Å². The quantitative estimate of drug-likeness (QED) is 0.632. The molecular weight excluding hydrogens is 447 g/mol. The topological polar surface area (TPSA) is 66.9 Å². The minimum Gasteiger partial charge on any atom is -0.370 e. The Kier molecular flexibility index (Phi) is 7.42. The van der Waals surface area contributed by atoms with Gasteiger partial charge in [0.25, 0.3) is 5.91 Å². The molecule has 1 saturated heterocycles. The van der Waals surface area contributed by atoms with Crippen LogP contribution in [0.4, 0.5) is 0 Å². The van der Waals surface area contributed by atoms with Crippen molar-refractivity contribution in [2.75, 3.05) is 32.8 Å². The van der Waals surface area contributed by atoms with Gasteiger partial charge < -0.3 is 9.64 Å². The van der Waals surface area contributed by atoms with Gasteiger partial charge in [-0.05, 0) is 24.3 Å². The minimum absolute atomic E-state index is 0.0508. The summed E-state index contributed by atoms with van der Waals surface area (Å²) in [6, 6.07) is 11.6. The van der Waals surface area contributed by atoms with Crippen molar-refractivity contribution in [1.29, 1.82) is 0 Å². The highest BCUT2D eigenvalue weighted by Gasteiger charge is 2.30. The van der Waals surface area contributed by atoms with Gasteiger partial charge in [-0.15, -0.1) is 0 Å². The summed E-state index contributed by atoms with van der Waals surface area (Å²) < 4.78 is 32.9. The van der Waals surface area contributed by atoms with Crippen LogP contribution in [0.15, 0.2) is 47.4 Å². The number of halogens is 2. The van der Waals surface area contributed by atoms with Crippen LogP contribution in [-0.4, -0.2) is 56.3 Å². The molecule has 30 heavy (non-hydrogen) atoms. The normalized spacial score (nSPS) is 17.4. The Morgan fingerprint density at radius 1 is 1.13 bits per heavy atom. The number of hydrogen-bond donors (Lipinski definition) is 0. The van der Waals surface area contributed by atoms with Gasteiger partial charge in [-0.25, -0.2) is 8.42 Å². The molecule has 1 amide bonds. The van der Waals surface area contributed by atoms with Crippen LogP contribution < -0.4 is 0 Å². The number of carbonyl (C=O) groups excluding carboxylic acids is 1. The van der Waals surface area contributed by atoms with Crippen LogP contribution in [0.3, 0.4) is 0 Å². The van der Waals surface area contributed by atoms with E-state index in [0.717, 1.165) is 5.56 Å². The highest BCUT2D eigenvalue weighted by molar-refractivity contribution is 7.89. The zero-order chi connectivity index (χ0) is 21.9. The number of ether oxygens (including phenoxy) is 1. The van der Waals surface area contributed by atoms with E-state index in [4.69, 9.17) is 27.9 Å². The first-order valence-electron chi connectivity index (χ1n) is 9.74. The third-order valence-electron chi connectivity index (χ3n) is 5.12. The Morgan fingerprint density at radius 2 is 1.83 bits per heavy atom. The van der Waals surface area contributed by atoms with Gasteiger partial charge in [0.2, 0.25) is 10.0 Å². The van der Waals surface area contributed by atoms with Gasteiger partial charge in [-0.1, -0.05) is 55.2 Å². The lowest BCUT2D eigenvalue weighted by Crippen LogP contribution is -2.42. The van der Waals surface area contributed by atoms with E-state index in [1.807, 2.05) is 18.2 Å². The first kappa shape index (κ1) is 23.0. The maximum absolute atomic E-state index is 13.2. The molecule has 1 aliphatic rings. The molecule has 2 aromatic rings. The summed E-state index contributed by atoms with van der Waals surface area (Å²) in [7, 11) is -3.70. The van der Waals surface area contributed by atoms with E-state index in [0.29, 0.717) is 37.8 Å². The van der Waals surface area contributed by atoms with Crippen molar-refractivity contribution >= 4 is 39.1 Å². The Bertz CT molecular complexity index is 1030. The fourth-order valence-corrected chi connectivity index (χ4v) is 5.41. The molecule has 1 unspecified atom stereocenters. The van der Waals surface area contributed by atoms with Crippen molar-refractivity contribution in [2.45, 2.75) is 24.8 Å². The molecule has 0 aliphatic carbocycles. The number of sulfonamides is 1. The number of benzene rings is 2. The highest BCUT2D eigenvalue weighted by atomic mass is 35.5. The molecule has 162 valence electrons. The molecule has 0 aromatic heterocycles. The van der Waals surface area contributed by atoms with Gasteiger partial charge in [-0.2, -0.15) is 4.31 Å². The monoisotopic (exact) mass is 470 g/mol. The lowest BCUT2D eigenvalue weighted by Gasteiger charge is -2.33. The maximum atomic E-state index is 13.2. The van der Waals surface area contributed by atoms with Crippen LogP contribution in [0.1, 0.15) is 35.9 Å². The standard InChI is InChI=1S/C21H24Cl2N2O4S/c1-3-25(4-2)30(27,28)15-9-10-19(23)17(13-15)21(26)24-11-12-29-20(14-24)16-7-5-6-8-18(16)22/h5-10,13,20H,3-4,11-12,14H2,1-2H3. The average molecular weight is 471 g/mol. The maximum Gasteiger partial charge on any atom is 0.255 e. The van der Waals surface area contributed by atoms with E-state index in [2.05, 4.69) is 0 Å². The molecule has 0 saturated carbocycles. The molecular formula is C21H24Cl2N2O4S. The van der Waals surface area contributed by atoms with Crippen LogP contribution >= 0.6 is 23.2 Å². The largest absolute Gasteiger partial charge is 0.370 e. The predicted octanol–water partition coefficient (Wildman–Crippen LogP) is 4.24. The fraction of sp³-hybridized carbons (Fsp3) is 0.381. The molecule has 0 spiro atoms. The molecule has 0 bridgehead atoms. The minimum atomic E-state index is -3.70. The Hall–Kier alpha value is -1.64. The van der Waals surface area contributed by atoms with Gasteiger partial charge in [0.15, 0.2) is 0 Å². The zero-order valence-electron chi connectivity index (χ0n) is 16.8. The van der Waals surface area contributed by atoms with E-state index < -0.39 is 10.0 Å². The van der Waals surface area contributed by atoms with Gasteiger partial charge >= 0.3 is 0 Å². The molecule has 9 heteroatoms. The molecule has 2 aromatic carbocycles. The molecule has 1 fully saturated rings. The third kappa shape index (κ3) is 4.65. The van der Waals surface area contributed by atoms with Gasteiger partial charge in [0.05, 0.1) is 28.6 Å². The number of morpholine rings is 1. The number of nitrogens with zero attached hydrogens (tertiary/aromatic N) is 2. The number of hydrogen-bond acceptors (Lipinski definition) is 4. The second-order valence-electron chi connectivity index (χ2n) is 6.86. The van der Waals surface area contributed by atoms with E-state index >= 15 is 0 Å². The molecule has 1 atom stereocenters. The number of carbonyl (C=O) groups is 1. The van der Waals surface area contributed by atoms with E-state index in [9.17, 15) is 13.2 Å². The van der Waals surface area contributed by atoms with Gasteiger partial charge in [0, 0.05) is 30.2 Å². The predicted molar refractivity (Wildman–Crippen MR) is 118 cm³/mol. The summed E-state index contributed by atoms with van der Waals surface area (Å²) >= 11 is 12.6. The summed E-state index contributed by atoms with van der Waals surface area (Å²) in [4.78, 5) is 14.9. The first-order chi connectivity index (χ1) is 14.3. The highest BCUT2D eigenvalue weighted by Crippen LogP contribution is 2.30. The molecule has 6 nitrogen and oxygen atoms in total. The average Bonchev–Trinajstić information content (AvgIpc) is 2.74. The molecule has 3 rings (SSSR count). The van der Waals surface area contributed by atoms with Crippen LogP contribution in [0.2, 0.25) is 10.0 Å². The molecule has 0 radical (unpaired) electrons. The second-order valence-corrected chi connectivity index (χ2v) is 9.62. The zero-order valence-corrected chi connectivity index (χ0v) is 19.2. The third-order valence-corrected chi connectivity index (χ3v) is 7.84. The van der Waals surface area contributed by atoms with Crippen molar-refractivity contribution in [3.05, 3.63) is 63.6 Å². The Labute approximate surface area is 187 Å². The number of rotatable bonds is 6. The second kappa shape index (κ2) is 9.66. The van der Waals surface area contributed by atoms with Crippen LogP contribution in [-0.2, 0) is 14.8 Å². The summed E-state index contributed by atoms with van der Waals surface area (Å²) in [5.41, 5.74) is 0.963. The van der Waals surface area contributed by atoms with Crippen molar-refractivity contribution in [3.63, 3.8) is 0 Å². The first-order valence-corrected chi connectivity index (χ1v) is 11.9. The van der Waals surface area contributed by atoms with E-state index in [1.165, 1.54) is 22.5 Å². The van der Waals surface area contributed by atoms with E-state index in [-0.39, 0.29) is 27.5 Å². The van der Waals surface area contributed by atoms with Crippen molar-refractivity contribution in [1.82, 2.24) is 9.21 Å². The Morgan fingerprint density at radius 3 is 2.50 bits per heavy atom. The Balaban J connectivity index is 1.88. The summed E-state index contributed by atoms with van der Waals surface area (Å²) in [6.07, 6.45) is -0.363. The van der Waals surface area contributed by atoms with Crippen molar-refractivity contribution < 1.29 is 17.9 Å². The summed E-state index contributed by atoms with van der Waals surface area (Å²) in [6.45, 7) is 5.24. The van der Waals surface area contributed by atoms with Crippen LogP contribution in [0.5, 0.6) is 0 Å².